The first-order valence-electron chi connectivity index (χ1n) is 7.73. The molecule has 0 spiro atoms. The number of nitrogens with one attached hydrogen (secondary N) is 1. The van der Waals surface area contributed by atoms with E-state index in [1.54, 1.807) is 6.26 Å². The molecule has 2 heterocycles. The fourth-order valence-electron chi connectivity index (χ4n) is 3.45. The van der Waals surface area contributed by atoms with E-state index in [9.17, 15) is 0 Å². The molecule has 0 bridgehead atoms. The van der Waals surface area contributed by atoms with Crippen LogP contribution in [0.15, 0.2) is 22.8 Å². The van der Waals surface area contributed by atoms with E-state index >= 15 is 0 Å². The van der Waals surface area contributed by atoms with Gasteiger partial charge in [-0.3, -0.25) is 4.90 Å². The molecule has 19 heavy (non-hydrogen) atoms. The van der Waals surface area contributed by atoms with Gasteiger partial charge in [0.25, 0.3) is 0 Å². The summed E-state index contributed by atoms with van der Waals surface area (Å²) in [4.78, 5) is 2.68. The Kier molecular flexibility index (Phi) is 3.68. The molecule has 2 aliphatic rings. The summed E-state index contributed by atoms with van der Waals surface area (Å²) in [6.45, 7) is 8.16. The molecule has 0 amide bonds. The van der Waals surface area contributed by atoms with Crippen molar-refractivity contribution >= 4 is 0 Å². The first kappa shape index (κ1) is 13.2. The van der Waals surface area contributed by atoms with Gasteiger partial charge in [0.05, 0.1) is 6.26 Å². The number of hydrogen-bond donors (Lipinski definition) is 1. The molecule has 0 aromatic carbocycles. The van der Waals surface area contributed by atoms with E-state index in [0.717, 1.165) is 31.2 Å². The highest BCUT2D eigenvalue weighted by Gasteiger charge is 2.45. The molecule has 1 saturated heterocycles. The summed E-state index contributed by atoms with van der Waals surface area (Å²) in [7, 11) is 0. The first-order chi connectivity index (χ1) is 9.21. The van der Waals surface area contributed by atoms with Crippen molar-refractivity contribution in [3.05, 3.63) is 24.2 Å². The van der Waals surface area contributed by atoms with Crippen LogP contribution in [0.4, 0.5) is 0 Å². The largest absolute Gasteiger partial charge is 0.469 e. The topological polar surface area (TPSA) is 28.4 Å². The molecule has 1 aliphatic heterocycles. The lowest BCUT2D eigenvalue weighted by Gasteiger charge is -2.46. The van der Waals surface area contributed by atoms with Gasteiger partial charge in [-0.2, -0.15) is 0 Å². The number of nitrogens with zero attached hydrogens (tertiary/aromatic N) is 1. The van der Waals surface area contributed by atoms with Gasteiger partial charge in [0.1, 0.15) is 5.76 Å². The molecule has 3 heteroatoms. The lowest BCUT2D eigenvalue weighted by Crippen LogP contribution is -2.64. The molecule has 3 rings (SSSR count). The molecule has 2 unspecified atom stereocenters. The van der Waals surface area contributed by atoms with Crippen molar-refractivity contribution in [3.8, 4) is 0 Å². The third-order valence-corrected chi connectivity index (χ3v) is 4.96. The quantitative estimate of drug-likeness (QED) is 0.884. The van der Waals surface area contributed by atoms with Crippen LogP contribution in [0.1, 0.15) is 38.9 Å². The zero-order valence-corrected chi connectivity index (χ0v) is 12.2. The molecule has 106 valence electrons. The van der Waals surface area contributed by atoms with E-state index < -0.39 is 0 Å². The van der Waals surface area contributed by atoms with Gasteiger partial charge in [0, 0.05) is 37.6 Å². The molecular formula is C16H26N2O. The van der Waals surface area contributed by atoms with E-state index in [1.165, 1.54) is 25.8 Å². The summed E-state index contributed by atoms with van der Waals surface area (Å²) in [5.41, 5.74) is 0.342. The highest BCUT2D eigenvalue weighted by Crippen LogP contribution is 2.41. The second-order valence-corrected chi connectivity index (χ2v) is 6.43. The van der Waals surface area contributed by atoms with Crippen molar-refractivity contribution in [2.45, 2.75) is 51.1 Å². The minimum atomic E-state index is 0.342. The Balaban J connectivity index is 1.61. The molecule has 1 aromatic heterocycles. The maximum atomic E-state index is 5.46. The van der Waals surface area contributed by atoms with Crippen molar-refractivity contribution < 1.29 is 4.42 Å². The number of hydrogen-bond acceptors (Lipinski definition) is 3. The predicted molar refractivity (Wildman–Crippen MR) is 77.2 cm³/mol. The molecule has 0 radical (unpaired) electrons. The van der Waals surface area contributed by atoms with Crippen molar-refractivity contribution in [2.24, 2.45) is 5.92 Å². The van der Waals surface area contributed by atoms with Gasteiger partial charge in [-0.05, 0) is 44.2 Å². The maximum Gasteiger partial charge on any atom is 0.105 e. The average molecular weight is 262 g/mol. The minimum Gasteiger partial charge on any atom is -0.469 e. The molecule has 2 atom stereocenters. The zero-order chi connectivity index (χ0) is 13.3. The van der Waals surface area contributed by atoms with E-state index in [1.807, 2.05) is 6.07 Å². The summed E-state index contributed by atoms with van der Waals surface area (Å²) in [5.74, 6) is 2.01. The molecule has 1 aliphatic carbocycles. The Labute approximate surface area is 116 Å². The second kappa shape index (κ2) is 5.29. The normalized spacial score (nSPS) is 32.6. The van der Waals surface area contributed by atoms with Crippen LogP contribution in [0.3, 0.4) is 0 Å². The number of rotatable bonds is 5. The number of piperazine rings is 1. The van der Waals surface area contributed by atoms with Gasteiger partial charge >= 0.3 is 0 Å². The zero-order valence-electron chi connectivity index (χ0n) is 12.2. The van der Waals surface area contributed by atoms with Crippen LogP contribution in [-0.4, -0.2) is 36.1 Å². The highest BCUT2D eigenvalue weighted by atomic mass is 16.3. The van der Waals surface area contributed by atoms with Gasteiger partial charge in [0.2, 0.25) is 0 Å². The monoisotopic (exact) mass is 262 g/mol. The van der Waals surface area contributed by atoms with E-state index in [-0.39, 0.29) is 0 Å². The Bertz CT molecular complexity index is 399. The average Bonchev–Trinajstić information content (AvgIpc) is 3.15. The molecule has 2 fully saturated rings. The summed E-state index contributed by atoms with van der Waals surface area (Å²) >= 11 is 0. The molecule has 1 aromatic rings. The Hall–Kier alpha value is -0.800. The Morgan fingerprint density at radius 2 is 2.32 bits per heavy atom. The van der Waals surface area contributed by atoms with Crippen LogP contribution in [-0.2, 0) is 6.42 Å². The lowest BCUT2D eigenvalue weighted by atomic mass is 9.90. The lowest BCUT2D eigenvalue weighted by molar-refractivity contribution is 0.0728. The summed E-state index contributed by atoms with van der Waals surface area (Å²) < 4.78 is 5.46. The fraction of sp³-hybridized carbons (Fsp3) is 0.750. The predicted octanol–water partition coefficient (Wildman–Crippen LogP) is 2.67. The van der Waals surface area contributed by atoms with Crippen molar-refractivity contribution in [1.82, 2.24) is 10.2 Å². The Morgan fingerprint density at radius 3 is 2.95 bits per heavy atom. The smallest absolute Gasteiger partial charge is 0.105 e. The van der Waals surface area contributed by atoms with E-state index in [0.29, 0.717) is 11.6 Å². The summed E-state index contributed by atoms with van der Waals surface area (Å²) in [5, 5.41) is 3.82. The molecular weight excluding hydrogens is 236 g/mol. The SMILES string of the molecule is CCC1CNC(C)(C2CC2)CN1CCc1ccco1. The molecule has 1 saturated carbocycles. The molecule has 3 nitrogen and oxygen atoms in total. The maximum absolute atomic E-state index is 5.46. The van der Waals surface area contributed by atoms with Crippen LogP contribution in [0, 0.1) is 5.92 Å². The van der Waals surface area contributed by atoms with Gasteiger partial charge in [-0.25, -0.2) is 0 Å². The van der Waals surface area contributed by atoms with Crippen molar-refractivity contribution in [1.29, 1.82) is 0 Å². The Morgan fingerprint density at radius 1 is 1.47 bits per heavy atom. The van der Waals surface area contributed by atoms with Crippen LogP contribution in [0.25, 0.3) is 0 Å². The van der Waals surface area contributed by atoms with Crippen LogP contribution in [0.5, 0.6) is 0 Å². The molecule has 1 N–H and O–H groups in total. The summed E-state index contributed by atoms with van der Waals surface area (Å²) in [6.07, 6.45) is 6.85. The van der Waals surface area contributed by atoms with E-state index in [2.05, 4.69) is 30.1 Å². The number of furan rings is 1. The van der Waals surface area contributed by atoms with Gasteiger partial charge in [-0.1, -0.05) is 6.92 Å². The standard InChI is InChI=1S/C16H26N2O/c1-3-14-11-17-16(2,13-6-7-13)12-18(14)9-8-15-5-4-10-19-15/h4-5,10,13-14,17H,3,6-9,11-12H2,1-2H3. The van der Waals surface area contributed by atoms with Gasteiger partial charge < -0.3 is 9.73 Å². The van der Waals surface area contributed by atoms with Gasteiger partial charge in [-0.15, -0.1) is 0 Å². The van der Waals surface area contributed by atoms with Crippen molar-refractivity contribution in [3.63, 3.8) is 0 Å². The van der Waals surface area contributed by atoms with Crippen molar-refractivity contribution in [2.75, 3.05) is 19.6 Å². The first-order valence-corrected chi connectivity index (χ1v) is 7.73. The van der Waals surface area contributed by atoms with Crippen LogP contribution < -0.4 is 5.32 Å². The van der Waals surface area contributed by atoms with Gasteiger partial charge in [0.15, 0.2) is 0 Å². The third kappa shape index (κ3) is 2.87. The minimum absolute atomic E-state index is 0.342. The van der Waals surface area contributed by atoms with E-state index in [4.69, 9.17) is 4.42 Å². The van der Waals surface area contributed by atoms with Crippen LogP contribution >= 0.6 is 0 Å². The highest BCUT2D eigenvalue weighted by molar-refractivity contribution is 5.05. The second-order valence-electron chi connectivity index (χ2n) is 6.43. The van der Waals surface area contributed by atoms with Crippen LogP contribution in [0.2, 0.25) is 0 Å². The third-order valence-electron chi connectivity index (χ3n) is 4.96. The summed E-state index contributed by atoms with van der Waals surface area (Å²) in [6, 6.07) is 4.75. The fourth-order valence-corrected chi connectivity index (χ4v) is 3.45.